The van der Waals surface area contributed by atoms with Crippen LogP contribution in [0.5, 0.6) is 0 Å². The van der Waals surface area contributed by atoms with Crippen LogP contribution < -0.4 is 5.32 Å². The molecule has 3 atom stereocenters. The van der Waals surface area contributed by atoms with Crippen molar-refractivity contribution in [3.8, 4) is 0 Å². The van der Waals surface area contributed by atoms with E-state index in [4.69, 9.17) is 4.42 Å². The van der Waals surface area contributed by atoms with Crippen LogP contribution in [0.4, 0.5) is 0 Å². The van der Waals surface area contributed by atoms with Crippen LogP contribution in [0.2, 0.25) is 0 Å². The van der Waals surface area contributed by atoms with Crippen molar-refractivity contribution in [1.29, 1.82) is 0 Å². The molecule has 84 valence electrons. The fraction of sp³-hybridized carbons (Fsp3) is 0.750. The Hall–Kier alpha value is -0.830. The maximum absolute atomic E-state index is 5.76. The van der Waals surface area contributed by atoms with Gasteiger partial charge in [0.05, 0.1) is 12.2 Å². The Bertz CT molecular complexity index is 321. The summed E-state index contributed by atoms with van der Waals surface area (Å²) >= 11 is 0. The number of hydrogen-bond acceptors (Lipinski definition) is 3. The third kappa shape index (κ3) is 2.40. The van der Waals surface area contributed by atoms with Crippen LogP contribution in [-0.4, -0.2) is 11.5 Å². The molecule has 3 unspecified atom stereocenters. The zero-order chi connectivity index (χ0) is 10.8. The van der Waals surface area contributed by atoms with Gasteiger partial charge in [0, 0.05) is 5.92 Å². The van der Waals surface area contributed by atoms with Crippen LogP contribution in [0.1, 0.15) is 57.2 Å². The Balaban J connectivity index is 1.94. The summed E-state index contributed by atoms with van der Waals surface area (Å²) in [5.41, 5.74) is 0. The molecule has 0 radical (unpaired) electrons. The molecule has 0 spiro atoms. The second-order valence-corrected chi connectivity index (χ2v) is 4.60. The molecule has 1 aromatic rings. The van der Waals surface area contributed by atoms with Gasteiger partial charge in [0.1, 0.15) is 5.76 Å². The summed E-state index contributed by atoms with van der Waals surface area (Å²) in [5.74, 6) is 3.31. The first-order valence-corrected chi connectivity index (χ1v) is 5.91. The van der Waals surface area contributed by atoms with Gasteiger partial charge in [0.15, 0.2) is 0 Å². The minimum atomic E-state index is 0.229. The average Bonchev–Trinajstić information content (AvgIpc) is 2.80. The molecule has 1 heterocycles. The number of hydrogen-bond donors (Lipinski definition) is 1. The van der Waals surface area contributed by atoms with Crippen molar-refractivity contribution < 1.29 is 4.42 Å². The summed E-state index contributed by atoms with van der Waals surface area (Å²) in [7, 11) is 0. The molecule has 2 rings (SSSR count). The van der Waals surface area contributed by atoms with Crippen LogP contribution >= 0.6 is 0 Å². The van der Waals surface area contributed by atoms with Crippen molar-refractivity contribution in [2.75, 3.05) is 6.54 Å². The smallest absolute Gasteiger partial charge is 0.211 e. The number of aromatic nitrogens is 1. The molecule has 15 heavy (non-hydrogen) atoms. The van der Waals surface area contributed by atoms with Crippen LogP contribution in [0.15, 0.2) is 10.6 Å². The van der Waals surface area contributed by atoms with E-state index in [1.807, 2.05) is 6.20 Å². The largest absolute Gasteiger partial charge is 0.444 e. The van der Waals surface area contributed by atoms with Crippen molar-refractivity contribution >= 4 is 0 Å². The van der Waals surface area contributed by atoms with E-state index in [1.54, 1.807) is 0 Å². The molecule has 1 aromatic heterocycles. The quantitative estimate of drug-likeness (QED) is 0.808. The van der Waals surface area contributed by atoms with E-state index in [2.05, 4.69) is 31.1 Å². The van der Waals surface area contributed by atoms with E-state index in [1.165, 1.54) is 6.42 Å². The number of nitrogens with zero attached hydrogens (tertiary/aromatic N) is 1. The van der Waals surface area contributed by atoms with Gasteiger partial charge in [-0.3, -0.25) is 0 Å². The third-order valence-corrected chi connectivity index (χ3v) is 3.09. The Morgan fingerprint density at radius 2 is 2.40 bits per heavy atom. The van der Waals surface area contributed by atoms with E-state index in [0.29, 0.717) is 5.92 Å². The SMILES string of the molecule is CCCNC(C)c1ncc(C2CC2C)o1. The highest BCUT2D eigenvalue weighted by Gasteiger charge is 2.37. The van der Waals surface area contributed by atoms with Gasteiger partial charge in [-0.2, -0.15) is 0 Å². The Kier molecular flexibility index (Phi) is 3.10. The summed E-state index contributed by atoms with van der Waals surface area (Å²) in [6, 6.07) is 0.229. The Labute approximate surface area is 91.3 Å². The van der Waals surface area contributed by atoms with E-state index < -0.39 is 0 Å². The first-order valence-electron chi connectivity index (χ1n) is 5.91. The highest BCUT2D eigenvalue weighted by Crippen LogP contribution is 2.47. The molecule has 3 heteroatoms. The normalized spacial score (nSPS) is 26.6. The van der Waals surface area contributed by atoms with Crippen molar-refractivity contribution in [3.63, 3.8) is 0 Å². The topological polar surface area (TPSA) is 38.1 Å². The van der Waals surface area contributed by atoms with Crippen molar-refractivity contribution in [2.24, 2.45) is 5.92 Å². The monoisotopic (exact) mass is 208 g/mol. The van der Waals surface area contributed by atoms with Gasteiger partial charge in [-0.1, -0.05) is 13.8 Å². The van der Waals surface area contributed by atoms with Gasteiger partial charge >= 0.3 is 0 Å². The lowest BCUT2D eigenvalue weighted by Crippen LogP contribution is -2.19. The van der Waals surface area contributed by atoms with Gasteiger partial charge in [0.25, 0.3) is 0 Å². The predicted octanol–water partition coefficient (Wildman–Crippen LogP) is 2.86. The highest BCUT2D eigenvalue weighted by atomic mass is 16.4. The van der Waals surface area contributed by atoms with Gasteiger partial charge in [0.2, 0.25) is 5.89 Å². The third-order valence-electron chi connectivity index (χ3n) is 3.09. The zero-order valence-electron chi connectivity index (χ0n) is 9.79. The van der Waals surface area contributed by atoms with Gasteiger partial charge in [-0.05, 0) is 32.2 Å². The summed E-state index contributed by atoms with van der Waals surface area (Å²) in [6.45, 7) is 7.53. The van der Waals surface area contributed by atoms with Crippen LogP contribution in [0, 0.1) is 5.92 Å². The number of oxazole rings is 1. The summed E-state index contributed by atoms with van der Waals surface area (Å²) in [4.78, 5) is 4.34. The van der Waals surface area contributed by atoms with E-state index in [0.717, 1.165) is 30.5 Å². The lowest BCUT2D eigenvalue weighted by Gasteiger charge is -2.08. The molecular weight excluding hydrogens is 188 g/mol. The first-order chi connectivity index (χ1) is 7.22. The fourth-order valence-corrected chi connectivity index (χ4v) is 1.84. The molecule has 0 amide bonds. The van der Waals surface area contributed by atoms with Crippen molar-refractivity contribution in [1.82, 2.24) is 10.3 Å². The zero-order valence-corrected chi connectivity index (χ0v) is 9.79. The second kappa shape index (κ2) is 4.35. The molecular formula is C12H20N2O. The molecule has 1 aliphatic rings. The molecule has 1 N–H and O–H groups in total. The molecule has 0 aliphatic heterocycles. The summed E-state index contributed by atoms with van der Waals surface area (Å²) < 4.78 is 5.76. The number of rotatable bonds is 5. The summed E-state index contributed by atoms with van der Waals surface area (Å²) in [6.07, 6.45) is 4.29. The van der Waals surface area contributed by atoms with Gasteiger partial charge in [-0.15, -0.1) is 0 Å². The van der Waals surface area contributed by atoms with Crippen LogP contribution in [0.3, 0.4) is 0 Å². The minimum absolute atomic E-state index is 0.229. The van der Waals surface area contributed by atoms with Gasteiger partial charge in [-0.25, -0.2) is 4.98 Å². The molecule has 0 aromatic carbocycles. The predicted molar refractivity (Wildman–Crippen MR) is 59.7 cm³/mol. The molecule has 0 bridgehead atoms. The standard InChI is InChI=1S/C12H20N2O/c1-4-5-13-9(3)12-14-7-11(15-12)10-6-8(10)2/h7-10,13H,4-6H2,1-3H3. The molecule has 3 nitrogen and oxygen atoms in total. The maximum atomic E-state index is 5.76. The minimum Gasteiger partial charge on any atom is -0.444 e. The van der Waals surface area contributed by atoms with Crippen molar-refractivity contribution in [2.45, 2.75) is 45.6 Å². The Morgan fingerprint density at radius 1 is 1.67 bits per heavy atom. The number of nitrogens with one attached hydrogen (secondary N) is 1. The second-order valence-electron chi connectivity index (χ2n) is 4.60. The highest BCUT2D eigenvalue weighted by molar-refractivity contribution is 5.12. The van der Waals surface area contributed by atoms with Crippen LogP contribution in [-0.2, 0) is 0 Å². The molecule has 1 fully saturated rings. The lowest BCUT2D eigenvalue weighted by atomic mass is 10.3. The van der Waals surface area contributed by atoms with Crippen LogP contribution in [0.25, 0.3) is 0 Å². The lowest BCUT2D eigenvalue weighted by molar-refractivity contribution is 0.393. The van der Waals surface area contributed by atoms with E-state index in [-0.39, 0.29) is 6.04 Å². The molecule has 1 saturated carbocycles. The molecule has 1 aliphatic carbocycles. The Morgan fingerprint density at radius 3 is 3.00 bits per heavy atom. The first kappa shape index (κ1) is 10.7. The fourth-order valence-electron chi connectivity index (χ4n) is 1.84. The average molecular weight is 208 g/mol. The van der Waals surface area contributed by atoms with E-state index in [9.17, 15) is 0 Å². The molecule has 0 saturated heterocycles. The van der Waals surface area contributed by atoms with Crippen molar-refractivity contribution in [3.05, 3.63) is 17.8 Å². The van der Waals surface area contributed by atoms with E-state index >= 15 is 0 Å². The maximum Gasteiger partial charge on any atom is 0.211 e. The summed E-state index contributed by atoms with van der Waals surface area (Å²) in [5, 5.41) is 3.38. The van der Waals surface area contributed by atoms with Gasteiger partial charge < -0.3 is 9.73 Å².